The van der Waals surface area contributed by atoms with E-state index in [4.69, 9.17) is 4.42 Å². The van der Waals surface area contributed by atoms with E-state index in [0.717, 1.165) is 23.2 Å². The molecule has 2 aromatic carbocycles. The van der Waals surface area contributed by atoms with Gasteiger partial charge < -0.3 is 9.73 Å². The second-order valence-electron chi connectivity index (χ2n) is 7.45. The van der Waals surface area contributed by atoms with Gasteiger partial charge in [-0.15, -0.1) is 0 Å². The van der Waals surface area contributed by atoms with Crippen LogP contribution in [-0.4, -0.2) is 19.2 Å². The Morgan fingerprint density at radius 3 is 2.28 bits per heavy atom. The first-order valence-corrected chi connectivity index (χ1v) is 11.2. The number of nitro benzene ring substituents is 1. The highest BCUT2D eigenvalue weighted by atomic mass is 32.2. The van der Waals surface area contributed by atoms with E-state index >= 15 is 0 Å². The number of aryl methyl sites for hydroxylation is 3. The topological polar surface area (TPSA) is 132 Å². The number of furan rings is 1. The van der Waals surface area contributed by atoms with Gasteiger partial charge in [-0.25, -0.2) is 8.42 Å². The van der Waals surface area contributed by atoms with E-state index in [1.54, 1.807) is 0 Å². The summed E-state index contributed by atoms with van der Waals surface area (Å²) in [5.74, 6) is 1.17. The number of carbonyl (C=O) groups excluding carboxylic acids is 1. The van der Waals surface area contributed by atoms with E-state index in [1.165, 1.54) is 43.3 Å². The van der Waals surface area contributed by atoms with E-state index in [0.29, 0.717) is 11.1 Å². The highest BCUT2D eigenvalue weighted by Gasteiger charge is 2.20. The Labute approximate surface area is 185 Å². The Hall–Kier alpha value is -3.66. The van der Waals surface area contributed by atoms with Crippen molar-refractivity contribution in [1.82, 2.24) is 5.32 Å². The first-order chi connectivity index (χ1) is 15.0. The molecule has 10 heteroatoms. The molecule has 0 radical (unpaired) electrons. The fourth-order valence-corrected chi connectivity index (χ4v) is 4.37. The zero-order valence-corrected chi connectivity index (χ0v) is 18.8. The maximum absolute atomic E-state index is 12.6. The van der Waals surface area contributed by atoms with Crippen molar-refractivity contribution < 1.29 is 22.6 Å². The number of hydrogen-bond donors (Lipinski definition) is 2. The van der Waals surface area contributed by atoms with Crippen LogP contribution < -0.4 is 10.0 Å². The van der Waals surface area contributed by atoms with Crippen molar-refractivity contribution in [1.29, 1.82) is 0 Å². The summed E-state index contributed by atoms with van der Waals surface area (Å²) in [4.78, 5) is 22.8. The third kappa shape index (κ3) is 4.97. The van der Waals surface area contributed by atoms with Gasteiger partial charge in [0.25, 0.3) is 21.6 Å². The van der Waals surface area contributed by atoms with E-state index in [-0.39, 0.29) is 28.2 Å². The maximum Gasteiger partial charge on any atom is 0.273 e. The van der Waals surface area contributed by atoms with Crippen molar-refractivity contribution in [3.8, 4) is 0 Å². The molecule has 1 amide bonds. The summed E-state index contributed by atoms with van der Waals surface area (Å²) in [7, 11) is -4.04. The molecular weight excluding hydrogens is 434 g/mol. The van der Waals surface area contributed by atoms with Crippen LogP contribution in [0, 0.1) is 30.9 Å². The largest absolute Gasteiger partial charge is 0.466 e. The quantitative estimate of drug-likeness (QED) is 0.399. The number of benzene rings is 2. The van der Waals surface area contributed by atoms with Crippen LogP contribution in [0.1, 0.15) is 46.0 Å². The van der Waals surface area contributed by atoms with Gasteiger partial charge in [0, 0.05) is 28.4 Å². The Kier molecular flexibility index (Phi) is 6.35. The molecule has 2 N–H and O–H groups in total. The van der Waals surface area contributed by atoms with Gasteiger partial charge in [0.15, 0.2) is 0 Å². The van der Waals surface area contributed by atoms with Gasteiger partial charge in [-0.05, 0) is 64.1 Å². The van der Waals surface area contributed by atoms with E-state index in [2.05, 4.69) is 10.0 Å². The van der Waals surface area contributed by atoms with Crippen LogP contribution >= 0.6 is 0 Å². The number of anilines is 1. The number of amides is 1. The Balaban J connectivity index is 1.72. The second kappa shape index (κ2) is 8.83. The van der Waals surface area contributed by atoms with Gasteiger partial charge in [0.2, 0.25) is 0 Å². The molecule has 0 aliphatic rings. The molecule has 0 saturated heterocycles. The van der Waals surface area contributed by atoms with Gasteiger partial charge in [-0.3, -0.25) is 19.6 Å². The Morgan fingerprint density at radius 1 is 1.06 bits per heavy atom. The van der Waals surface area contributed by atoms with Crippen molar-refractivity contribution in [2.75, 3.05) is 4.72 Å². The predicted molar refractivity (Wildman–Crippen MR) is 119 cm³/mol. The number of sulfonamides is 1. The Bertz CT molecular complexity index is 1280. The van der Waals surface area contributed by atoms with Gasteiger partial charge >= 0.3 is 0 Å². The molecular formula is C22H23N3O6S. The molecule has 168 valence electrons. The van der Waals surface area contributed by atoms with Gasteiger partial charge in [-0.2, -0.15) is 0 Å². The Morgan fingerprint density at radius 2 is 1.72 bits per heavy atom. The lowest BCUT2D eigenvalue weighted by Crippen LogP contribution is -2.26. The fourth-order valence-electron chi connectivity index (χ4n) is 3.29. The molecule has 0 saturated carbocycles. The molecule has 9 nitrogen and oxygen atoms in total. The summed E-state index contributed by atoms with van der Waals surface area (Å²) in [5, 5.41) is 14.0. The molecule has 1 aromatic heterocycles. The molecule has 0 fully saturated rings. The molecule has 0 bridgehead atoms. The van der Waals surface area contributed by atoms with Crippen LogP contribution in [0.25, 0.3) is 0 Å². The summed E-state index contributed by atoms with van der Waals surface area (Å²) in [6, 6.07) is 11.2. The summed E-state index contributed by atoms with van der Waals surface area (Å²) >= 11 is 0. The van der Waals surface area contributed by atoms with E-state index in [1.807, 2.05) is 26.8 Å². The standard InChI is InChI=1S/C22H23N3O6S/c1-13-5-10-19(12-21(13)25(27)28)32(29,30)24-18-8-6-17(7-9-18)22(26)23-15(3)20-11-14(2)31-16(20)4/h5-12,15,24H,1-4H3,(H,23,26). The fraction of sp³-hybridized carbons (Fsp3) is 0.227. The van der Waals surface area contributed by atoms with Crippen LogP contribution in [0.4, 0.5) is 11.4 Å². The average molecular weight is 458 g/mol. The maximum atomic E-state index is 12.6. The molecule has 32 heavy (non-hydrogen) atoms. The van der Waals surface area contributed by atoms with E-state index < -0.39 is 14.9 Å². The number of carbonyl (C=O) groups is 1. The van der Waals surface area contributed by atoms with Crippen LogP contribution in [-0.2, 0) is 10.0 Å². The van der Waals surface area contributed by atoms with Crippen LogP contribution in [0.5, 0.6) is 0 Å². The van der Waals surface area contributed by atoms with Crippen molar-refractivity contribution in [3.05, 3.63) is 86.9 Å². The molecule has 1 heterocycles. The zero-order valence-electron chi connectivity index (χ0n) is 18.0. The summed E-state index contributed by atoms with van der Waals surface area (Å²) < 4.78 is 33.1. The second-order valence-corrected chi connectivity index (χ2v) is 9.13. The zero-order chi connectivity index (χ0) is 23.6. The molecule has 0 spiro atoms. The minimum Gasteiger partial charge on any atom is -0.466 e. The highest BCUT2D eigenvalue weighted by molar-refractivity contribution is 7.92. The van der Waals surface area contributed by atoms with Crippen LogP contribution in [0.3, 0.4) is 0 Å². The van der Waals surface area contributed by atoms with Crippen molar-refractivity contribution in [2.24, 2.45) is 0 Å². The molecule has 3 rings (SSSR count). The van der Waals surface area contributed by atoms with Crippen molar-refractivity contribution in [3.63, 3.8) is 0 Å². The lowest BCUT2D eigenvalue weighted by molar-refractivity contribution is -0.385. The molecule has 0 aliphatic heterocycles. The van der Waals surface area contributed by atoms with Gasteiger partial charge in [-0.1, -0.05) is 6.07 Å². The number of nitrogens with one attached hydrogen (secondary N) is 2. The summed E-state index contributed by atoms with van der Waals surface area (Å²) in [6.07, 6.45) is 0. The smallest absolute Gasteiger partial charge is 0.273 e. The normalized spacial score (nSPS) is 12.2. The van der Waals surface area contributed by atoms with Crippen LogP contribution in [0.2, 0.25) is 0 Å². The minimum atomic E-state index is -4.04. The number of nitro groups is 1. The molecule has 3 aromatic rings. The molecule has 1 atom stereocenters. The summed E-state index contributed by atoms with van der Waals surface area (Å²) in [6.45, 7) is 7.04. The van der Waals surface area contributed by atoms with Crippen LogP contribution in [0.15, 0.2) is 57.8 Å². The number of hydrogen-bond acceptors (Lipinski definition) is 6. The van der Waals surface area contributed by atoms with Crippen molar-refractivity contribution in [2.45, 2.75) is 38.6 Å². The minimum absolute atomic E-state index is 0.221. The monoisotopic (exact) mass is 457 g/mol. The third-order valence-electron chi connectivity index (χ3n) is 4.98. The van der Waals surface area contributed by atoms with Crippen molar-refractivity contribution >= 4 is 27.3 Å². The summed E-state index contributed by atoms with van der Waals surface area (Å²) in [5.41, 5.74) is 1.53. The number of nitrogens with zero attached hydrogens (tertiary/aromatic N) is 1. The van der Waals surface area contributed by atoms with Gasteiger partial charge in [0.1, 0.15) is 11.5 Å². The number of rotatable bonds is 7. The lowest BCUT2D eigenvalue weighted by Gasteiger charge is -2.14. The average Bonchev–Trinajstić information content (AvgIpc) is 3.06. The SMILES string of the molecule is Cc1cc(C(C)NC(=O)c2ccc(NS(=O)(=O)c3ccc(C)c([N+](=O)[O-])c3)cc2)c(C)o1. The third-order valence-corrected chi connectivity index (χ3v) is 6.36. The lowest BCUT2D eigenvalue weighted by atomic mass is 10.1. The van der Waals surface area contributed by atoms with E-state index in [9.17, 15) is 23.3 Å². The first kappa shape index (κ1) is 23.0. The highest BCUT2D eigenvalue weighted by Crippen LogP contribution is 2.25. The molecule has 1 unspecified atom stereocenters. The van der Waals surface area contributed by atoms with Gasteiger partial charge in [0.05, 0.1) is 15.9 Å². The first-order valence-electron chi connectivity index (χ1n) is 9.73. The molecule has 0 aliphatic carbocycles. The predicted octanol–water partition coefficient (Wildman–Crippen LogP) is 4.40.